The van der Waals surface area contributed by atoms with E-state index >= 15 is 0 Å². The van der Waals surface area contributed by atoms with Crippen LogP contribution in [0.5, 0.6) is 0 Å². The van der Waals surface area contributed by atoms with Crippen molar-refractivity contribution < 1.29 is 9.47 Å². The van der Waals surface area contributed by atoms with Crippen molar-refractivity contribution in [3.05, 3.63) is 0 Å². The van der Waals surface area contributed by atoms with E-state index in [-0.39, 0.29) is 12.1 Å². The summed E-state index contributed by atoms with van der Waals surface area (Å²) >= 11 is 0. The van der Waals surface area contributed by atoms with Crippen LogP contribution in [0, 0.1) is 23.7 Å². The molecule has 168 valence electrons. The Balaban J connectivity index is 2.09. The van der Waals surface area contributed by atoms with Gasteiger partial charge < -0.3 is 15.2 Å². The summed E-state index contributed by atoms with van der Waals surface area (Å²) in [4.78, 5) is 0. The van der Waals surface area contributed by atoms with Gasteiger partial charge in [-0.2, -0.15) is 0 Å². The molecule has 1 saturated heterocycles. The van der Waals surface area contributed by atoms with Gasteiger partial charge in [0, 0.05) is 0 Å². The Kier molecular flexibility index (Phi) is 12.3. The van der Waals surface area contributed by atoms with Gasteiger partial charge in [-0.25, -0.2) is 0 Å². The Morgan fingerprint density at radius 1 is 0.786 bits per heavy atom. The van der Waals surface area contributed by atoms with E-state index in [2.05, 4.69) is 34.6 Å². The van der Waals surface area contributed by atoms with E-state index < -0.39 is 5.79 Å². The van der Waals surface area contributed by atoms with Crippen LogP contribution in [0.25, 0.3) is 0 Å². The molecule has 5 unspecified atom stereocenters. The van der Waals surface area contributed by atoms with Crippen LogP contribution in [-0.4, -0.2) is 24.5 Å². The predicted molar refractivity (Wildman–Crippen MR) is 121 cm³/mol. The molecule has 0 aromatic rings. The average molecular weight is 398 g/mol. The van der Waals surface area contributed by atoms with Crippen molar-refractivity contribution in [2.75, 3.05) is 6.61 Å². The summed E-state index contributed by atoms with van der Waals surface area (Å²) < 4.78 is 11.7. The molecule has 5 atom stereocenters. The fourth-order valence-corrected chi connectivity index (χ4v) is 4.42. The maximum absolute atomic E-state index is 6.20. The number of ether oxygens (including phenoxy) is 2. The summed E-state index contributed by atoms with van der Waals surface area (Å²) in [7, 11) is 0. The lowest BCUT2D eigenvalue weighted by molar-refractivity contribution is -0.281. The molecule has 0 aromatic heterocycles. The zero-order valence-corrected chi connectivity index (χ0v) is 20.1. The van der Waals surface area contributed by atoms with Crippen molar-refractivity contribution in [3.8, 4) is 0 Å². The fraction of sp³-hybridized carbons (Fsp3) is 1.00. The highest BCUT2D eigenvalue weighted by Crippen LogP contribution is 2.28. The van der Waals surface area contributed by atoms with E-state index in [0.717, 1.165) is 24.2 Å². The first-order valence-corrected chi connectivity index (χ1v) is 12.2. The monoisotopic (exact) mass is 397 g/mol. The van der Waals surface area contributed by atoms with Crippen molar-refractivity contribution in [1.29, 1.82) is 0 Å². The summed E-state index contributed by atoms with van der Waals surface area (Å²) in [6.45, 7) is 16.5. The first-order chi connectivity index (χ1) is 13.1. The third kappa shape index (κ3) is 11.8. The lowest BCUT2D eigenvalue weighted by Gasteiger charge is -2.40. The van der Waals surface area contributed by atoms with Gasteiger partial charge in [-0.1, -0.05) is 92.4 Å². The van der Waals surface area contributed by atoms with E-state index in [1.165, 1.54) is 57.8 Å². The Hall–Kier alpha value is -0.120. The Morgan fingerprint density at radius 2 is 1.25 bits per heavy atom. The van der Waals surface area contributed by atoms with Gasteiger partial charge in [-0.05, 0) is 43.9 Å². The molecule has 1 rings (SSSR count). The van der Waals surface area contributed by atoms with Crippen molar-refractivity contribution in [3.63, 3.8) is 0 Å². The van der Waals surface area contributed by atoms with Gasteiger partial charge in [-0.15, -0.1) is 0 Å². The molecule has 0 amide bonds. The fourth-order valence-electron chi connectivity index (χ4n) is 4.42. The predicted octanol–water partition coefficient (Wildman–Crippen LogP) is 6.93. The van der Waals surface area contributed by atoms with Gasteiger partial charge in [-0.3, -0.25) is 0 Å². The van der Waals surface area contributed by atoms with Gasteiger partial charge in [0.05, 0.1) is 18.8 Å². The number of hydrogen-bond acceptors (Lipinski definition) is 3. The largest absolute Gasteiger partial charge is 0.349 e. The lowest BCUT2D eigenvalue weighted by atomic mass is 9.89. The first kappa shape index (κ1) is 25.9. The second-order valence-corrected chi connectivity index (χ2v) is 10.8. The van der Waals surface area contributed by atoms with Crippen LogP contribution in [0.4, 0.5) is 0 Å². The van der Waals surface area contributed by atoms with E-state index in [4.69, 9.17) is 15.2 Å². The van der Waals surface area contributed by atoms with Gasteiger partial charge in [0.25, 0.3) is 0 Å². The minimum absolute atomic E-state index is 0.0110. The molecule has 3 nitrogen and oxygen atoms in total. The summed E-state index contributed by atoms with van der Waals surface area (Å²) in [5.74, 6) is 2.79. The van der Waals surface area contributed by atoms with Crippen LogP contribution in [0.3, 0.4) is 0 Å². The first-order valence-electron chi connectivity index (χ1n) is 12.2. The van der Waals surface area contributed by atoms with Gasteiger partial charge >= 0.3 is 0 Å². The highest BCUT2D eigenvalue weighted by molar-refractivity contribution is 4.81. The Labute approximate surface area is 176 Å². The minimum Gasteiger partial charge on any atom is -0.349 e. The molecular weight excluding hydrogens is 346 g/mol. The van der Waals surface area contributed by atoms with E-state index in [1.807, 2.05) is 13.8 Å². The zero-order chi connectivity index (χ0) is 21.2. The Bertz CT molecular complexity index is 396. The van der Waals surface area contributed by atoms with Gasteiger partial charge in [0.15, 0.2) is 5.79 Å². The van der Waals surface area contributed by atoms with Crippen molar-refractivity contribution in [2.45, 2.75) is 131 Å². The molecule has 1 heterocycles. The maximum atomic E-state index is 6.20. The molecule has 0 spiro atoms. The summed E-state index contributed by atoms with van der Waals surface area (Å²) in [6.07, 6.45) is 13.6. The standard InChI is InChI=1S/C25H51NO2/c1-19(2)11-8-12-20(3)13-9-14-21(4)15-10-16-22(5)17-24-23(26)18-27-25(6,7)28-24/h19-24H,8-18,26H2,1-7H3. The van der Waals surface area contributed by atoms with Gasteiger partial charge in [0.2, 0.25) is 0 Å². The van der Waals surface area contributed by atoms with E-state index in [9.17, 15) is 0 Å². The lowest BCUT2D eigenvalue weighted by Crippen LogP contribution is -2.53. The summed E-state index contributed by atoms with van der Waals surface area (Å²) in [5.41, 5.74) is 6.20. The molecule has 0 aliphatic carbocycles. The Morgan fingerprint density at radius 3 is 1.75 bits per heavy atom. The topological polar surface area (TPSA) is 44.5 Å². The summed E-state index contributed by atoms with van der Waals surface area (Å²) in [5, 5.41) is 0. The smallest absolute Gasteiger partial charge is 0.163 e. The van der Waals surface area contributed by atoms with Crippen LogP contribution >= 0.6 is 0 Å². The average Bonchev–Trinajstić information content (AvgIpc) is 2.57. The van der Waals surface area contributed by atoms with Crippen molar-refractivity contribution in [1.82, 2.24) is 0 Å². The molecule has 1 fully saturated rings. The molecule has 0 radical (unpaired) electrons. The quantitative estimate of drug-likeness (QED) is 0.345. The molecule has 1 aliphatic heterocycles. The van der Waals surface area contributed by atoms with Crippen LogP contribution in [-0.2, 0) is 9.47 Å². The normalized spacial score (nSPS) is 25.6. The third-order valence-electron chi connectivity index (χ3n) is 6.44. The highest BCUT2D eigenvalue weighted by Gasteiger charge is 2.35. The molecule has 2 N–H and O–H groups in total. The molecule has 0 bridgehead atoms. The van der Waals surface area contributed by atoms with Gasteiger partial charge in [0.1, 0.15) is 0 Å². The summed E-state index contributed by atoms with van der Waals surface area (Å²) in [6, 6.07) is 0.0110. The second-order valence-electron chi connectivity index (χ2n) is 10.8. The molecule has 0 aromatic carbocycles. The molecular formula is C25H51NO2. The van der Waals surface area contributed by atoms with E-state index in [0.29, 0.717) is 12.5 Å². The zero-order valence-electron chi connectivity index (χ0n) is 20.1. The molecule has 3 heteroatoms. The van der Waals surface area contributed by atoms with Crippen LogP contribution in [0.2, 0.25) is 0 Å². The van der Waals surface area contributed by atoms with Crippen molar-refractivity contribution >= 4 is 0 Å². The van der Waals surface area contributed by atoms with Crippen molar-refractivity contribution in [2.24, 2.45) is 29.4 Å². The number of hydrogen-bond donors (Lipinski definition) is 1. The molecule has 1 aliphatic rings. The highest BCUT2D eigenvalue weighted by atomic mass is 16.7. The SMILES string of the molecule is CC(C)CCCC(C)CCCC(C)CCCC(C)CC1OC(C)(C)OCC1N. The minimum atomic E-state index is -0.485. The maximum Gasteiger partial charge on any atom is 0.163 e. The van der Waals surface area contributed by atoms with E-state index in [1.54, 1.807) is 0 Å². The second kappa shape index (κ2) is 13.2. The molecule has 0 saturated carbocycles. The van der Waals surface area contributed by atoms with Crippen LogP contribution in [0.15, 0.2) is 0 Å². The number of nitrogens with two attached hydrogens (primary N) is 1. The van der Waals surface area contributed by atoms with Crippen LogP contribution < -0.4 is 5.73 Å². The van der Waals surface area contributed by atoms with Crippen LogP contribution in [0.1, 0.15) is 113 Å². The third-order valence-corrected chi connectivity index (χ3v) is 6.44. The molecule has 28 heavy (non-hydrogen) atoms. The number of rotatable bonds is 14.